The number of fused-ring (bicyclic) bond motifs is 1. The van der Waals surface area contributed by atoms with Gasteiger partial charge in [0.1, 0.15) is 17.6 Å². The molecule has 0 unspecified atom stereocenters. The number of phenols is 2. The van der Waals surface area contributed by atoms with Crippen molar-refractivity contribution in [1.29, 1.82) is 0 Å². The molecular weight excluding hydrogens is 356 g/mol. The topological polar surface area (TPSA) is 156 Å². The van der Waals surface area contributed by atoms with Crippen LogP contribution < -0.4 is 0 Å². The molecule has 0 saturated carbocycles. The average molecular weight is 380 g/mol. The Morgan fingerprint density at radius 3 is 1.96 bits per heavy atom. The van der Waals surface area contributed by atoms with Crippen molar-refractivity contribution >= 4 is 11.6 Å². The third kappa shape index (κ3) is 5.73. The summed E-state index contributed by atoms with van der Waals surface area (Å²) in [6.07, 6.45) is 0.882. The fourth-order valence-electron chi connectivity index (χ4n) is 2.26. The van der Waals surface area contributed by atoms with Crippen LogP contribution in [0.3, 0.4) is 0 Å². The van der Waals surface area contributed by atoms with Crippen LogP contribution in [0.25, 0.3) is 0 Å². The van der Waals surface area contributed by atoms with E-state index in [1.54, 1.807) is 6.08 Å². The predicted octanol–water partition coefficient (Wildman–Crippen LogP) is 0.452. The molecule has 0 fully saturated rings. The third-order valence-corrected chi connectivity index (χ3v) is 3.71. The van der Waals surface area contributed by atoms with Crippen LogP contribution in [0.15, 0.2) is 35.4 Å². The molecule has 0 bridgehead atoms. The highest BCUT2D eigenvalue weighted by molar-refractivity contribution is 6.26. The number of Topliss-reactive ketones (excluding diaryl/α,β-unsaturated/α-hetero) is 1. The molecule has 6 N–H and O–H groups in total. The number of benzene rings is 1. The summed E-state index contributed by atoms with van der Waals surface area (Å²) in [5, 5.41) is 53.5. The smallest absolute Gasteiger partial charge is 0.196 e. The molecule has 1 atom stereocenters. The largest absolute Gasteiger partial charge is 0.507 e. The van der Waals surface area contributed by atoms with Crippen molar-refractivity contribution < 1.29 is 40.2 Å². The molecule has 8 nitrogen and oxygen atoms in total. The normalized spacial score (nSPS) is 14.1. The molecule has 27 heavy (non-hydrogen) atoms. The molecule has 0 aliphatic heterocycles. The lowest BCUT2D eigenvalue weighted by Crippen LogP contribution is -2.25. The van der Waals surface area contributed by atoms with Gasteiger partial charge in [0.2, 0.25) is 0 Å². The van der Waals surface area contributed by atoms with Crippen molar-refractivity contribution in [3.8, 4) is 11.5 Å². The van der Waals surface area contributed by atoms with E-state index in [4.69, 9.17) is 15.3 Å². The Labute approximate surface area is 156 Å². The second-order valence-electron chi connectivity index (χ2n) is 6.20. The molecule has 0 saturated heterocycles. The Bertz CT molecular complexity index is 755. The molecule has 8 heteroatoms. The Morgan fingerprint density at radius 1 is 1.00 bits per heavy atom. The Kier molecular flexibility index (Phi) is 8.32. The van der Waals surface area contributed by atoms with Gasteiger partial charge in [-0.15, -0.1) is 0 Å². The van der Waals surface area contributed by atoms with Gasteiger partial charge in [-0.2, -0.15) is 0 Å². The first-order chi connectivity index (χ1) is 12.6. The van der Waals surface area contributed by atoms with E-state index in [0.717, 1.165) is 23.8 Å². The molecule has 1 aliphatic rings. The number of hydrogen-bond acceptors (Lipinski definition) is 8. The molecule has 148 valence electrons. The summed E-state index contributed by atoms with van der Waals surface area (Å²) in [6.45, 7) is 2.98. The zero-order chi connectivity index (χ0) is 20.7. The number of allylic oxidation sites excluding steroid dienone is 2. The van der Waals surface area contributed by atoms with Gasteiger partial charge >= 0.3 is 0 Å². The van der Waals surface area contributed by atoms with Gasteiger partial charge < -0.3 is 30.6 Å². The standard InChI is InChI=1S/C16H16O5.C3H8O3/c1-8(2)3-4-10(17)9-7-13(20)14-11(18)5-6-12(19)15(14)16(9)21;4-1-3(6)2-5/h3,5-7,10,17-19H,4H2,1-2H3;3-6H,1-2H2/t10-;/m1./s1. The van der Waals surface area contributed by atoms with E-state index in [0.29, 0.717) is 0 Å². The minimum Gasteiger partial charge on any atom is -0.507 e. The Hall–Kier alpha value is -2.52. The number of carbonyl (C=O) groups is 2. The molecule has 2 rings (SSSR count). The van der Waals surface area contributed by atoms with E-state index in [2.05, 4.69) is 0 Å². The first-order valence-electron chi connectivity index (χ1n) is 8.20. The molecule has 0 aromatic heterocycles. The number of aliphatic hydroxyl groups is 4. The first-order valence-corrected chi connectivity index (χ1v) is 8.20. The zero-order valence-corrected chi connectivity index (χ0v) is 15.1. The molecule has 0 amide bonds. The quantitative estimate of drug-likeness (QED) is 0.318. The minimum absolute atomic E-state index is 0.0779. The lowest BCUT2D eigenvalue weighted by atomic mass is 9.85. The van der Waals surface area contributed by atoms with Gasteiger partial charge in [0.25, 0.3) is 0 Å². The van der Waals surface area contributed by atoms with Crippen LogP contribution in [-0.4, -0.2) is 67.6 Å². The van der Waals surface area contributed by atoms with E-state index in [9.17, 15) is 24.9 Å². The van der Waals surface area contributed by atoms with Crippen LogP contribution in [0.4, 0.5) is 0 Å². The van der Waals surface area contributed by atoms with Crippen LogP contribution in [0.1, 0.15) is 41.0 Å². The molecule has 1 aromatic carbocycles. The lowest BCUT2D eigenvalue weighted by Gasteiger charge is -2.20. The van der Waals surface area contributed by atoms with Gasteiger partial charge in [-0.25, -0.2) is 0 Å². The van der Waals surface area contributed by atoms with E-state index in [-0.39, 0.29) is 47.8 Å². The number of rotatable bonds is 5. The van der Waals surface area contributed by atoms with Gasteiger partial charge in [0.15, 0.2) is 11.6 Å². The summed E-state index contributed by atoms with van der Waals surface area (Å²) >= 11 is 0. The third-order valence-electron chi connectivity index (χ3n) is 3.71. The van der Waals surface area contributed by atoms with Gasteiger partial charge in [-0.05, 0) is 38.5 Å². The number of aliphatic hydroxyl groups excluding tert-OH is 4. The van der Waals surface area contributed by atoms with Gasteiger partial charge in [0.05, 0.1) is 30.4 Å². The number of aromatic hydroxyl groups is 2. The van der Waals surface area contributed by atoms with E-state index in [1.807, 2.05) is 13.8 Å². The SMILES string of the molecule is CC(C)=CC[C@@H](O)C1=CC(=O)c2c(O)ccc(O)c2C1=O.OCC(O)CO. The molecular formula is C19H24O8. The molecule has 0 spiro atoms. The fourth-order valence-corrected chi connectivity index (χ4v) is 2.26. The minimum atomic E-state index is -1.13. The maximum atomic E-state index is 12.3. The predicted molar refractivity (Wildman–Crippen MR) is 96.7 cm³/mol. The lowest BCUT2D eigenvalue weighted by molar-refractivity contribution is 0.0450. The summed E-state index contributed by atoms with van der Waals surface area (Å²) in [5.41, 5.74) is 0.419. The second-order valence-corrected chi connectivity index (χ2v) is 6.20. The highest BCUT2D eigenvalue weighted by atomic mass is 16.3. The van der Waals surface area contributed by atoms with Crippen LogP contribution in [0.2, 0.25) is 0 Å². The molecule has 1 aliphatic carbocycles. The summed E-state index contributed by atoms with van der Waals surface area (Å²) in [5.74, 6) is -2.01. The summed E-state index contributed by atoms with van der Waals surface area (Å²) in [6, 6.07) is 2.29. The Morgan fingerprint density at radius 2 is 1.52 bits per heavy atom. The van der Waals surface area contributed by atoms with Crippen molar-refractivity contribution in [2.45, 2.75) is 32.5 Å². The van der Waals surface area contributed by atoms with Gasteiger partial charge in [-0.3, -0.25) is 9.59 Å². The fraction of sp³-hybridized carbons (Fsp3) is 0.368. The van der Waals surface area contributed by atoms with Crippen molar-refractivity contribution in [3.63, 3.8) is 0 Å². The Balaban J connectivity index is 0.000000527. The maximum absolute atomic E-state index is 12.3. The number of hydrogen-bond donors (Lipinski definition) is 6. The van der Waals surface area contributed by atoms with Crippen molar-refractivity contribution in [2.24, 2.45) is 0 Å². The monoisotopic (exact) mass is 380 g/mol. The van der Waals surface area contributed by atoms with Crippen LogP contribution >= 0.6 is 0 Å². The highest BCUT2D eigenvalue weighted by Gasteiger charge is 2.33. The average Bonchev–Trinajstić information content (AvgIpc) is 2.64. The van der Waals surface area contributed by atoms with Gasteiger partial charge in [0, 0.05) is 5.57 Å². The van der Waals surface area contributed by atoms with E-state index in [1.165, 1.54) is 0 Å². The van der Waals surface area contributed by atoms with Crippen molar-refractivity contribution in [1.82, 2.24) is 0 Å². The number of phenolic OH excluding ortho intramolecular Hbond substituents is 2. The molecule has 0 heterocycles. The summed E-state index contributed by atoms with van der Waals surface area (Å²) in [7, 11) is 0. The van der Waals surface area contributed by atoms with E-state index < -0.39 is 23.8 Å². The summed E-state index contributed by atoms with van der Waals surface area (Å²) in [4.78, 5) is 24.4. The second kappa shape index (κ2) is 9.98. The molecule has 1 aromatic rings. The number of ketones is 2. The van der Waals surface area contributed by atoms with Crippen molar-refractivity contribution in [2.75, 3.05) is 13.2 Å². The number of carbonyl (C=O) groups excluding carboxylic acids is 2. The van der Waals surface area contributed by atoms with Crippen LogP contribution in [0.5, 0.6) is 11.5 Å². The van der Waals surface area contributed by atoms with Crippen LogP contribution in [-0.2, 0) is 0 Å². The van der Waals surface area contributed by atoms with Crippen molar-refractivity contribution in [3.05, 3.63) is 46.6 Å². The first kappa shape index (κ1) is 22.5. The van der Waals surface area contributed by atoms with E-state index >= 15 is 0 Å². The van der Waals surface area contributed by atoms with Crippen LogP contribution in [0, 0.1) is 0 Å². The zero-order valence-electron chi connectivity index (χ0n) is 15.1. The highest BCUT2D eigenvalue weighted by Crippen LogP contribution is 2.35. The maximum Gasteiger partial charge on any atom is 0.196 e. The molecule has 0 radical (unpaired) electrons. The van der Waals surface area contributed by atoms with Gasteiger partial charge in [-0.1, -0.05) is 11.6 Å². The summed E-state index contributed by atoms with van der Waals surface area (Å²) < 4.78 is 0.